The van der Waals surface area contributed by atoms with E-state index in [9.17, 15) is 14.0 Å². The van der Waals surface area contributed by atoms with Gasteiger partial charge in [-0.15, -0.1) is 0 Å². The number of Topliss-reactive ketones (excluding diaryl/α,β-unsaturated/α-hetero) is 1. The van der Waals surface area contributed by atoms with Gasteiger partial charge >= 0.3 is 0 Å². The van der Waals surface area contributed by atoms with Crippen LogP contribution in [0.1, 0.15) is 51.6 Å². The molecule has 0 unspecified atom stereocenters. The van der Waals surface area contributed by atoms with Gasteiger partial charge in [-0.2, -0.15) is 4.37 Å². The van der Waals surface area contributed by atoms with Crippen LogP contribution in [0.3, 0.4) is 0 Å². The summed E-state index contributed by atoms with van der Waals surface area (Å²) in [6.07, 6.45) is 3.05. The van der Waals surface area contributed by atoms with Crippen LogP contribution in [0.25, 0.3) is 11.3 Å². The highest BCUT2D eigenvalue weighted by atomic mass is 32.1. The summed E-state index contributed by atoms with van der Waals surface area (Å²) in [6, 6.07) is 9.43. The van der Waals surface area contributed by atoms with Gasteiger partial charge in [-0.3, -0.25) is 9.59 Å². The van der Waals surface area contributed by atoms with Gasteiger partial charge in [0.2, 0.25) is 0 Å². The number of hydrogen-bond acceptors (Lipinski definition) is 8. The molecule has 1 atom stereocenters. The fourth-order valence-corrected chi connectivity index (χ4v) is 4.33. The largest absolute Gasteiger partial charge is 0.484 e. The number of rotatable bonds is 11. The standard InChI is InChI=1S/C25H26FN3O5S/c1-15(34-18-5-7-21(27-14-18)24(32)16-2-3-16)23-13-22(28-35-23)17-4-6-19(20(26)12-17)25(33)29(8-10-30)9-11-31/h4-7,12-16,30-31H,2-3,8-11H2,1H3/t15-/m1/s1. The Kier molecular flexibility index (Phi) is 7.84. The average molecular weight is 500 g/mol. The van der Waals surface area contributed by atoms with Gasteiger partial charge in [0.25, 0.3) is 5.91 Å². The topological polar surface area (TPSA) is 113 Å². The van der Waals surface area contributed by atoms with Gasteiger partial charge in [-0.05, 0) is 61.6 Å². The summed E-state index contributed by atoms with van der Waals surface area (Å²) in [5, 5.41) is 18.2. The van der Waals surface area contributed by atoms with Gasteiger partial charge in [-0.25, -0.2) is 9.37 Å². The Morgan fingerprint density at radius 1 is 1.17 bits per heavy atom. The molecular formula is C25H26FN3O5S. The van der Waals surface area contributed by atoms with Crippen molar-refractivity contribution < 1.29 is 28.9 Å². The van der Waals surface area contributed by atoms with Crippen LogP contribution >= 0.6 is 11.5 Å². The molecule has 0 spiro atoms. The SMILES string of the molecule is C[C@@H](Oc1ccc(C(=O)C2CC2)nc1)c1cc(-c2ccc(C(=O)N(CCO)CCO)c(F)c2)ns1. The summed E-state index contributed by atoms with van der Waals surface area (Å²) in [4.78, 5) is 30.9. The van der Waals surface area contributed by atoms with E-state index in [1.165, 1.54) is 34.8 Å². The van der Waals surface area contributed by atoms with Crippen LogP contribution in [-0.2, 0) is 0 Å². The van der Waals surface area contributed by atoms with Crippen LogP contribution < -0.4 is 4.74 Å². The Hall–Kier alpha value is -3.21. The van der Waals surface area contributed by atoms with E-state index in [2.05, 4.69) is 9.36 Å². The van der Waals surface area contributed by atoms with Gasteiger partial charge in [-0.1, -0.05) is 6.07 Å². The Bertz CT molecular complexity index is 1190. The van der Waals surface area contributed by atoms with Crippen molar-refractivity contribution in [2.45, 2.75) is 25.9 Å². The number of carbonyl (C=O) groups excluding carboxylic acids is 2. The summed E-state index contributed by atoms with van der Waals surface area (Å²) in [6.45, 7) is 1.30. The maximum Gasteiger partial charge on any atom is 0.256 e. The number of aromatic nitrogens is 2. The van der Waals surface area contributed by atoms with Crippen LogP contribution in [-0.4, -0.2) is 62.5 Å². The lowest BCUT2D eigenvalue weighted by Crippen LogP contribution is -2.36. The molecule has 2 aromatic heterocycles. The highest BCUT2D eigenvalue weighted by molar-refractivity contribution is 7.06. The summed E-state index contributed by atoms with van der Waals surface area (Å²) in [5.74, 6) is -0.591. The Labute approximate surface area is 206 Å². The van der Waals surface area contributed by atoms with Crippen molar-refractivity contribution in [2.75, 3.05) is 26.3 Å². The van der Waals surface area contributed by atoms with E-state index >= 15 is 0 Å². The lowest BCUT2D eigenvalue weighted by Gasteiger charge is -2.21. The molecule has 35 heavy (non-hydrogen) atoms. The minimum Gasteiger partial charge on any atom is -0.484 e. The molecule has 1 aliphatic rings. The summed E-state index contributed by atoms with van der Waals surface area (Å²) >= 11 is 1.22. The van der Waals surface area contributed by atoms with Crippen LogP contribution in [0.5, 0.6) is 5.75 Å². The monoisotopic (exact) mass is 499 g/mol. The van der Waals surface area contributed by atoms with E-state index in [1.807, 2.05) is 6.92 Å². The average Bonchev–Trinajstić information content (AvgIpc) is 3.59. The van der Waals surface area contributed by atoms with E-state index in [0.717, 1.165) is 17.7 Å². The second-order valence-corrected chi connectivity index (χ2v) is 9.16. The molecule has 0 bridgehead atoms. The third kappa shape index (κ3) is 5.90. The zero-order valence-electron chi connectivity index (χ0n) is 19.2. The summed E-state index contributed by atoms with van der Waals surface area (Å²) in [7, 11) is 0. The second kappa shape index (κ2) is 11.0. The summed E-state index contributed by atoms with van der Waals surface area (Å²) < 4.78 is 25.1. The fraction of sp³-hybridized carbons (Fsp3) is 0.360. The first-order valence-corrected chi connectivity index (χ1v) is 12.1. The molecule has 3 aromatic rings. The van der Waals surface area contributed by atoms with Crippen LogP contribution in [0.2, 0.25) is 0 Å². The first kappa shape index (κ1) is 24.9. The Morgan fingerprint density at radius 2 is 1.91 bits per heavy atom. The molecule has 0 radical (unpaired) electrons. The maximum absolute atomic E-state index is 14.8. The molecule has 0 aliphatic heterocycles. The van der Waals surface area contributed by atoms with E-state index in [0.29, 0.717) is 22.7 Å². The first-order chi connectivity index (χ1) is 16.9. The molecule has 10 heteroatoms. The highest BCUT2D eigenvalue weighted by Gasteiger charge is 2.31. The van der Waals surface area contributed by atoms with E-state index in [-0.39, 0.29) is 49.7 Å². The predicted molar refractivity (Wildman–Crippen MR) is 128 cm³/mol. The van der Waals surface area contributed by atoms with Crippen molar-refractivity contribution in [3.05, 3.63) is 64.5 Å². The number of ether oxygens (including phenoxy) is 1. The summed E-state index contributed by atoms with van der Waals surface area (Å²) in [5.41, 5.74) is 1.37. The predicted octanol–water partition coefficient (Wildman–Crippen LogP) is 3.50. The van der Waals surface area contributed by atoms with Crippen LogP contribution in [0.15, 0.2) is 42.6 Å². The van der Waals surface area contributed by atoms with Crippen molar-refractivity contribution in [3.63, 3.8) is 0 Å². The first-order valence-electron chi connectivity index (χ1n) is 11.4. The lowest BCUT2D eigenvalue weighted by molar-refractivity contribution is 0.0680. The number of benzene rings is 1. The molecule has 0 saturated heterocycles. The van der Waals surface area contributed by atoms with Gasteiger partial charge in [0.1, 0.15) is 23.4 Å². The Balaban J connectivity index is 1.43. The van der Waals surface area contributed by atoms with E-state index in [4.69, 9.17) is 14.9 Å². The molecule has 4 rings (SSSR count). The fourth-order valence-electron chi connectivity index (χ4n) is 3.60. The molecule has 8 nitrogen and oxygen atoms in total. The van der Waals surface area contributed by atoms with Crippen molar-refractivity contribution in [3.8, 4) is 17.0 Å². The molecule has 1 aromatic carbocycles. The van der Waals surface area contributed by atoms with Crippen molar-refractivity contribution in [1.29, 1.82) is 0 Å². The number of ketones is 1. The van der Waals surface area contributed by atoms with Gasteiger partial charge < -0.3 is 19.8 Å². The van der Waals surface area contributed by atoms with Crippen molar-refractivity contribution in [1.82, 2.24) is 14.3 Å². The zero-order valence-corrected chi connectivity index (χ0v) is 20.0. The number of pyridine rings is 1. The Morgan fingerprint density at radius 3 is 2.51 bits per heavy atom. The molecule has 184 valence electrons. The number of aliphatic hydroxyl groups excluding tert-OH is 2. The number of halogens is 1. The maximum atomic E-state index is 14.8. The number of amides is 1. The van der Waals surface area contributed by atoms with E-state index < -0.39 is 11.7 Å². The lowest BCUT2D eigenvalue weighted by atomic mass is 10.1. The smallest absolute Gasteiger partial charge is 0.256 e. The molecule has 1 amide bonds. The zero-order chi connectivity index (χ0) is 24.9. The van der Waals surface area contributed by atoms with Gasteiger partial charge in [0.15, 0.2) is 5.78 Å². The van der Waals surface area contributed by atoms with Gasteiger partial charge in [0.05, 0.1) is 35.5 Å². The minimum absolute atomic E-state index is 0.00297. The number of carbonyl (C=O) groups is 2. The highest BCUT2D eigenvalue weighted by Crippen LogP contribution is 2.33. The number of nitrogens with zero attached hydrogens (tertiary/aromatic N) is 3. The normalized spacial score (nSPS) is 13.9. The van der Waals surface area contributed by atoms with Crippen molar-refractivity contribution >= 4 is 23.2 Å². The molecular weight excluding hydrogens is 473 g/mol. The third-order valence-electron chi connectivity index (χ3n) is 5.70. The van der Waals surface area contributed by atoms with Gasteiger partial charge in [0, 0.05) is 24.6 Å². The van der Waals surface area contributed by atoms with E-state index in [1.54, 1.807) is 24.3 Å². The molecule has 1 fully saturated rings. The quantitative estimate of drug-likeness (QED) is 0.388. The molecule has 2 N–H and O–H groups in total. The van der Waals surface area contributed by atoms with Crippen molar-refractivity contribution in [2.24, 2.45) is 5.92 Å². The second-order valence-electron chi connectivity index (χ2n) is 8.33. The molecule has 1 saturated carbocycles. The minimum atomic E-state index is -0.709. The third-order valence-corrected chi connectivity index (χ3v) is 6.65. The molecule has 1 aliphatic carbocycles. The number of hydrogen-bond donors (Lipinski definition) is 2. The van der Waals surface area contributed by atoms with Crippen LogP contribution in [0.4, 0.5) is 4.39 Å². The van der Waals surface area contributed by atoms with Crippen LogP contribution in [0, 0.1) is 11.7 Å². The number of aliphatic hydroxyl groups is 2. The molecule has 2 heterocycles.